The second-order valence-electron chi connectivity index (χ2n) is 3.92. The molecule has 100 valence electrons. The number of carbonyl (C=O) groups excluding carboxylic acids is 1. The number of carbonyl (C=O) groups is 1. The molecule has 0 unspecified atom stereocenters. The Labute approximate surface area is 115 Å². The van der Waals surface area contributed by atoms with Gasteiger partial charge in [-0.05, 0) is 19.1 Å². The molecular formula is C14H15NO3S. The van der Waals surface area contributed by atoms with Gasteiger partial charge in [-0.2, -0.15) is 0 Å². The first-order chi connectivity index (χ1) is 9.15. The predicted molar refractivity (Wildman–Crippen MR) is 76.3 cm³/mol. The highest BCUT2D eigenvalue weighted by molar-refractivity contribution is 7.12. The summed E-state index contributed by atoms with van der Waals surface area (Å²) >= 11 is 1.35. The van der Waals surface area contributed by atoms with Crippen LogP contribution in [0.5, 0.6) is 11.5 Å². The fraction of sp³-hybridized carbons (Fsp3) is 0.214. The van der Waals surface area contributed by atoms with E-state index in [0.717, 1.165) is 0 Å². The number of aromatic hydroxyl groups is 1. The predicted octanol–water partition coefficient (Wildman–Crippen LogP) is 3.13. The molecule has 19 heavy (non-hydrogen) atoms. The van der Waals surface area contributed by atoms with Gasteiger partial charge in [0.05, 0.1) is 12.0 Å². The molecule has 0 fully saturated rings. The zero-order valence-corrected chi connectivity index (χ0v) is 11.6. The fourth-order valence-electron chi connectivity index (χ4n) is 1.78. The van der Waals surface area contributed by atoms with Gasteiger partial charge in [0.2, 0.25) is 0 Å². The van der Waals surface area contributed by atoms with Crippen LogP contribution >= 0.6 is 11.3 Å². The molecular weight excluding hydrogens is 262 g/mol. The molecule has 5 heteroatoms. The van der Waals surface area contributed by atoms with Crippen LogP contribution in [0.3, 0.4) is 0 Å². The molecule has 0 aliphatic rings. The SMILES string of the molecule is CCN(C(=O)c1cc(OC)cs1)c1cccc(O)c1. The maximum atomic E-state index is 12.4. The lowest BCUT2D eigenvalue weighted by Gasteiger charge is -2.20. The fourth-order valence-corrected chi connectivity index (χ4v) is 2.58. The van der Waals surface area contributed by atoms with Crippen molar-refractivity contribution in [3.05, 3.63) is 40.6 Å². The van der Waals surface area contributed by atoms with Crippen LogP contribution in [0.25, 0.3) is 0 Å². The summed E-state index contributed by atoms with van der Waals surface area (Å²) in [5.41, 5.74) is 0.680. The van der Waals surface area contributed by atoms with Crippen molar-refractivity contribution >= 4 is 22.9 Å². The molecule has 0 aliphatic heterocycles. The van der Waals surface area contributed by atoms with E-state index < -0.39 is 0 Å². The Morgan fingerprint density at radius 1 is 1.42 bits per heavy atom. The van der Waals surface area contributed by atoms with Crippen LogP contribution in [-0.2, 0) is 0 Å². The summed E-state index contributed by atoms with van der Waals surface area (Å²) in [6.45, 7) is 2.43. The van der Waals surface area contributed by atoms with E-state index in [1.165, 1.54) is 11.3 Å². The molecule has 2 rings (SSSR count). The van der Waals surface area contributed by atoms with Gasteiger partial charge in [-0.15, -0.1) is 11.3 Å². The molecule has 0 spiro atoms. The van der Waals surface area contributed by atoms with E-state index in [4.69, 9.17) is 4.74 Å². The van der Waals surface area contributed by atoms with Gasteiger partial charge in [0.1, 0.15) is 11.5 Å². The number of benzene rings is 1. The van der Waals surface area contributed by atoms with Crippen molar-refractivity contribution in [3.63, 3.8) is 0 Å². The van der Waals surface area contributed by atoms with Crippen LogP contribution in [0.4, 0.5) is 5.69 Å². The van der Waals surface area contributed by atoms with Crippen LogP contribution in [0.1, 0.15) is 16.6 Å². The van der Waals surface area contributed by atoms with Crippen molar-refractivity contribution in [2.24, 2.45) is 0 Å². The zero-order chi connectivity index (χ0) is 13.8. The highest BCUT2D eigenvalue weighted by Gasteiger charge is 2.18. The minimum absolute atomic E-state index is 0.0959. The van der Waals surface area contributed by atoms with Crippen LogP contribution < -0.4 is 9.64 Å². The summed E-state index contributed by atoms with van der Waals surface area (Å²) in [7, 11) is 1.57. The summed E-state index contributed by atoms with van der Waals surface area (Å²) in [6, 6.07) is 8.39. The number of ether oxygens (including phenoxy) is 1. The Hall–Kier alpha value is -2.01. The number of nitrogens with zero attached hydrogens (tertiary/aromatic N) is 1. The Balaban J connectivity index is 2.29. The van der Waals surface area contributed by atoms with Gasteiger partial charge in [0.25, 0.3) is 5.91 Å². The van der Waals surface area contributed by atoms with E-state index in [2.05, 4.69) is 0 Å². The third kappa shape index (κ3) is 2.88. The molecule has 1 aromatic heterocycles. The first kappa shape index (κ1) is 13.4. The third-order valence-corrected chi connectivity index (χ3v) is 3.62. The molecule has 1 amide bonds. The van der Waals surface area contributed by atoms with Crippen LogP contribution in [0.15, 0.2) is 35.7 Å². The Bertz CT molecular complexity index is 580. The number of phenols is 1. The highest BCUT2D eigenvalue weighted by atomic mass is 32.1. The van der Waals surface area contributed by atoms with Gasteiger partial charge in [0.15, 0.2) is 0 Å². The summed E-state index contributed by atoms with van der Waals surface area (Å²) < 4.78 is 5.08. The number of anilines is 1. The first-order valence-electron chi connectivity index (χ1n) is 5.89. The minimum Gasteiger partial charge on any atom is -0.508 e. The van der Waals surface area contributed by atoms with Gasteiger partial charge >= 0.3 is 0 Å². The van der Waals surface area contributed by atoms with E-state index >= 15 is 0 Å². The number of phenolic OH excluding ortho intramolecular Hbond substituents is 1. The van der Waals surface area contributed by atoms with Crippen molar-refractivity contribution in [2.75, 3.05) is 18.6 Å². The van der Waals surface area contributed by atoms with Crippen molar-refractivity contribution in [2.45, 2.75) is 6.92 Å². The number of rotatable bonds is 4. The van der Waals surface area contributed by atoms with Crippen LogP contribution in [-0.4, -0.2) is 24.7 Å². The molecule has 1 N–H and O–H groups in total. The average Bonchev–Trinajstić information content (AvgIpc) is 2.88. The van der Waals surface area contributed by atoms with E-state index in [1.807, 2.05) is 6.92 Å². The van der Waals surface area contributed by atoms with Crippen LogP contribution in [0, 0.1) is 0 Å². The molecule has 0 saturated carbocycles. The Kier molecular flexibility index (Phi) is 4.06. The molecule has 4 nitrogen and oxygen atoms in total. The number of amides is 1. The monoisotopic (exact) mass is 277 g/mol. The number of thiophene rings is 1. The molecule has 2 aromatic rings. The second kappa shape index (κ2) is 5.75. The third-order valence-electron chi connectivity index (χ3n) is 2.72. The molecule has 0 bridgehead atoms. The summed E-state index contributed by atoms with van der Waals surface area (Å²) in [5, 5.41) is 11.3. The van der Waals surface area contributed by atoms with Crippen molar-refractivity contribution in [1.82, 2.24) is 0 Å². The van der Waals surface area contributed by atoms with Gasteiger partial charge in [-0.25, -0.2) is 0 Å². The molecule has 0 atom stereocenters. The quantitative estimate of drug-likeness (QED) is 0.934. The van der Waals surface area contributed by atoms with E-state index in [1.54, 1.807) is 47.7 Å². The number of methoxy groups -OCH3 is 1. The van der Waals surface area contributed by atoms with Crippen molar-refractivity contribution < 1.29 is 14.6 Å². The smallest absolute Gasteiger partial charge is 0.268 e. The first-order valence-corrected chi connectivity index (χ1v) is 6.77. The minimum atomic E-state index is -0.0959. The van der Waals surface area contributed by atoms with E-state index in [0.29, 0.717) is 22.9 Å². The topological polar surface area (TPSA) is 49.8 Å². The van der Waals surface area contributed by atoms with Gasteiger partial charge in [0, 0.05) is 29.7 Å². The van der Waals surface area contributed by atoms with Crippen molar-refractivity contribution in [1.29, 1.82) is 0 Å². The normalized spacial score (nSPS) is 10.2. The molecule has 0 radical (unpaired) electrons. The number of hydrogen-bond donors (Lipinski definition) is 1. The molecule has 0 saturated heterocycles. The van der Waals surface area contributed by atoms with E-state index in [9.17, 15) is 9.90 Å². The second-order valence-corrected chi connectivity index (χ2v) is 4.83. The maximum Gasteiger partial charge on any atom is 0.268 e. The lowest BCUT2D eigenvalue weighted by Crippen LogP contribution is -2.29. The lowest BCUT2D eigenvalue weighted by atomic mass is 10.2. The average molecular weight is 277 g/mol. The standard InChI is InChI=1S/C14H15NO3S/c1-3-15(10-5-4-6-11(16)7-10)14(17)13-8-12(18-2)9-19-13/h4-9,16H,3H2,1-2H3. The maximum absolute atomic E-state index is 12.4. The highest BCUT2D eigenvalue weighted by Crippen LogP contribution is 2.26. The van der Waals surface area contributed by atoms with Crippen molar-refractivity contribution in [3.8, 4) is 11.5 Å². The van der Waals surface area contributed by atoms with Crippen LogP contribution in [0.2, 0.25) is 0 Å². The summed E-state index contributed by atoms with van der Waals surface area (Å²) in [6.07, 6.45) is 0. The number of hydrogen-bond acceptors (Lipinski definition) is 4. The van der Waals surface area contributed by atoms with Gasteiger partial charge < -0.3 is 14.7 Å². The molecule has 1 aromatic carbocycles. The zero-order valence-electron chi connectivity index (χ0n) is 10.8. The lowest BCUT2D eigenvalue weighted by molar-refractivity contribution is 0.0992. The Morgan fingerprint density at radius 3 is 2.79 bits per heavy atom. The van der Waals surface area contributed by atoms with E-state index in [-0.39, 0.29) is 11.7 Å². The van der Waals surface area contributed by atoms with Gasteiger partial charge in [-0.1, -0.05) is 6.07 Å². The molecule has 1 heterocycles. The summed E-state index contributed by atoms with van der Waals surface area (Å²) in [5.74, 6) is 0.731. The summed E-state index contributed by atoms with van der Waals surface area (Å²) in [4.78, 5) is 14.6. The Morgan fingerprint density at radius 2 is 2.21 bits per heavy atom. The molecule has 0 aliphatic carbocycles. The van der Waals surface area contributed by atoms with Gasteiger partial charge in [-0.3, -0.25) is 4.79 Å². The largest absolute Gasteiger partial charge is 0.508 e.